The molecular formula is C22H27N7. The van der Waals surface area contributed by atoms with E-state index >= 15 is 0 Å². The van der Waals surface area contributed by atoms with Crippen LogP contribution in [0.25, 0.3) is 0 Å². The van der Waals surface area contributed by atoms with Crippen molar-refractivity contribution in [1.82, 2.24) is 19.9 Å². The average Bonchev–Trinajstić information content (AvgIpc) is 2.74. The van der Waals surface area contributed by atoms with Crippen molar-refractivity contribution in [3.63, 3.8) is 0 Å². The van der Waals surface area contributed by atoms with Gasteiger partial charge in [-0.2, -0.15) is 4.98 Å². The number of hydrogen-bond acceptors (Lipinski definition) is 7. The highest BCUT2D eigenvalue weighted by atomic mass is 15.4. The van der Waals surface area contributed by atoms with Crippen LogP contribution in [0, 0.1) is 0 Å². The van der Waals surface area contributed by atoms with Gasteiger partial charge in [0.2, 0.25) is 11.9 Å². The Hall–Kier alpha value is -3.22. The number of benzene rings is 1. The molecule has 7 heteroatoms. The maximum Gasteiger partial charge on any atom is 0.227 e. The fourth-order valence-corrected chi connectivity index (χ4v) is 3.33. The molecule has 7 nitrogen and oxygen atoms in total. The maximum absolute atomic E-state index is 4.71. The van der Waals surface area contributed by atoms with Crippen molar-refractivity contribution in [3.8, 4) is 0 Å². The van der Waals surface area contributed by atoms with Crippen LogP contribution in [0.4, 0.5) is 23.4 Å². The molecule has 3 aromatic rings. The zero-order valence-corrected chi connectivity index (χ0v) is 17.2. The average molecular weight is 390 g/mol. The Morgan fingerprint density at radius 2 is 1.34 bits per heavy atom. The highest BCUT2D eigenvalue weighted by Gasteiger charge is 2.20. The summed E-state index contributed by atoms with van der Waals surface area (Å²) in [4.78, 5) is 22.3. The normalized spacial score (nSPS) is 14.7. The molecule has 1 saturated heterocycles. The topological polar surface area (TPSA) is 70.1 Å². The second kappa shape index (κ2) is 8.03. The van der Waals surface area contributed by atoms with Crippen LogP contribution >= 0.6 is 0 Å². The molecule has 1 N–H and O–H groups in total. The van der Waals surface area contributed by atoms with Crippen molar-refractivity contribution >= 4 is 23.4 Å². The quantitative estimate of drug-likeness (QED) is 0.730. The zero-order chi connectivity index (χ0) is 20.3. The Kier molecular flexibility index (Phi) is 5.29. The van der Waals surface area contributed by atoms with Gasteiger partial charge in [0.15, 0.2) is 0 Å². The van der Waals surface area contributed by atoms with Gasteiger partial charge in [-0.15, -0.1) is 0 Å². The van der Waals surface area contributed by atoms with Gasteiger partial charge in [0.1, 0.15) is 5.82 Å². The molecule has 150 valence electrons. The number of aromatic nitrogens is 4. The van der Waals surface area contributed by atoms with Crippen LogP contribution in [0.1, 0.15) is 26.3 Å². The third-order valence-corrected chi connectivity index (χ3v) is 5.06. The fraction of sp³-hybridized carbons (Fsp3) is 0.364. The smallest absolute Gasteiger partial charge is 0.227 e. The molecule has 4 rings (SSSR count). The summed E-state index contributed by atoms with van der Waals surface area (Å²) in [7, 11) is 0. The third kappa shape index (κ3) is 4.62. The summed E-state index contributed by atoms with van der Waals surface area (Å²) in [5.74, 6) is 2.32. The van der Waals surface area contributed by atoms with Crippen LogP contribution in [-0.2, 0) is 5.41 Å². The predicted molar refractivity (Wildman–Crippen MR) is 117 cm³/mol. The number of piperazine rings is 1. The molecule has 3 heterocycles. The molecule has 1 aliphatic heterocycles. The molecule has 1 aromatic carbocycles. The van der Waals surface area contributed by atoms with Crippen LogP contribution < -0.4 is 15.1 Å². The molecule has 0 aliphatic carbocycles. The lowest BCUT2D eigenvalue weighted by Gasteiger charge is -2.34. The Balaban J connectivity index is 1.40. The summed E-state index contributed by atoms with van der Waals surface area (Å²) in [6.45, 7) is 10.0. The van der Waals surface area contributed by atoms with Gasteiger partial charge in [0, 0.05) is 50.5 Å². The molecule has 29 heavy (non-hydrogen) atoms. The molecule has 0 spiro atoms. The summed E-state index contributed by atoms with van der Waals surface area (Å²) in [5.41, 5.74) is 2.48. The lowest BCUT2D eigenvalue weighted by Crippen LogP contribution is -2.47. The van der Waals surface area contributed by atoms with Gasteiger partial charge in [-0.1, -0.05) is 32.9 Å². The van der Waals surface area contributed by atoms with Gasteiger partial charge >= 0.3 is 0 Å². The number of nitrogens with zero attached hydrogens (tertiary/aromatic N) is 6. The summed E-state index contributed by atoms with van der Waals surface area (Å²) < 4.78 is 0. The van der Waals surface area contributed by atoms with Gasteiger partial charge in [-0.3, -0.25) is 0 Å². The Morgan fingerprint density at radius 3 is 1.97 bits per heavy atom. The monoisotopic (exact) mass is 389 g/mol. The molecule has 0 unspecified atom stereocenters. The molecular weight excluding hydrogens is 362 g/mol. The number of hydrogen-bond donors (Lipinski definition) is 1. The van der Waals surface area contributed by atoms with Gasteiger partial charge in [0.25, 0.3) is 0 Å². The lowest BCUT2D eigenvalue weighted by atomic mass is 9.87. The Morgan fingerprint density at radius 1 is 0.759 bits per heavy atom. The van der Waals surface area contributed by atoms with Gasteiger partial charge < -0.3 is 15.1 Å². The van der Waals surface area contributed by atoms with E-state index in [9.17, 15) is 0 Å². The van der Waals surface area contributed by atoms with Crippen molar-refractivity contribution in [3.05, 3.63) is 60.6 Å². The van der Waals surface area contributed by atoms with Crippen LogP contribution in [-0.4, -0.2) is 46.1 Å². The van der Waals surface area contributed by atoms with Crippen molar-refractivity contribution in [2.75, 3.05) is 41.3 Å². The highest BCUT2D eigenvalue weighted by Crippen LogP contribution is 2.25. The van der Waals surface area contributed by atoms with E-state index in [-0.39, 0.29) is 5.41 Å². The highest BCUT2D eigenvalue weighted by molar-refractivity contribution is 5.58. The second-order valence-corrected chi connectivity index (χ2v) is 8.22. The summed E-state index contributed by atoms with van der Waals surface area (Å²) in [6, 6.07) is 12.3. The first-order chi connectivity index (χ1) is 14.0. The molecule has 0 radical (unpaired) electrons. The van der Waals surface area contributed by atoms with Crippen molar-refractivity contribution in [2.24, 2.45) is 0 Å². The van der Waals surface area contributed by atoms with E-state index in [4.69, 9.17) is 4.98 Å². The summed E-state index contributed by atoms with van der Waals surface area (Å²) in [6.07, 6.45) is 5.36. The summed E-state index contributed by atoms with van der Waals surface area (Å²) in [5, 5.41) is 3.39. The molecule has 0 atom stereocenters. The SMILES string of the molecule is CC(C)(C)c1ccc(Nc2ccnc(N3CCN(c4ncccn4)CC3)n2)cc1. The standard InChI is InChI=1S/C22H27N7/c1-22(2,3)17-5-7-18(8-6-17)26-19-9-12-25-21(27-19)29-15-13-28(14-16-29)20-23-10-4-11-24-20/h4-12H,13-16H2,1-3H3,(H,25,26,27). The molecule has 1 aliphatic rings. The van der Waals surface area contributed by atoms with Gasteiger partial charge in [-0.05, 0) is 35.2 Å². The Labute approximate surface area is 171 Å². The van der Waals surface area contributed by atoms with Gasteiger partial charge in [-0.25, -0.2) is 15.0 Å². The molecule has 0 saturated carbocycles. The fourth-order valence-electron chi connectivity index (χ4n) is 3.33. The minimum absolute atomic E-state index is 0.146. The Bertz CT molecular complexity index is 927. The molecule has 2 aromatic heterocycles. The van der Waals surface area contributed by atoms with Crippen LogP contribution in [0.3, 0.4) is 0 Å². The van der Waals surface area contributed by atoms with Crippen molar-refractivity contribution < 1.29 is 0 Å². The minimum Gasteiger partial charge on any atom is -0.340 e. The van der Waals surface area contributed by atoms with E-state index in [1.807, 2.05) is 12.1 Å². The van der Waals surface area contributed by atoms with E-state index in [0.717, 1.165) is 49.6 Å². The van der Waals surface area contributed by atoms with Gasteiger partial charge in [0.05, 0.1) is 0 Å². The summed E-state index contributed by atoms with van der Waals surface area (Å²) >= 11 is 0. The zero-order valence-electron chi connectivity index (χ0n) is 17.2. The molecule has 1 fully saturated rings. The van der Waals surface area contributed by atoms with E-state index < -0.39 is 0 Å². The lowest BCUT2D eigenvalue weighted by molar-refractivity contribution is 0.590. The predicted octanol–water partition coefficient (Wildman–Crippen LogP) is 3.63. The minimum atomic E-state index is 0.146. The van der Waals surface area contributed by atoms with Crippen LogP contribution in [0.15, 0.2) is 55.0 Å². The number of rotatable bonds is 4. The van der Waals surface area contributed by atoms with E-state index in [2.05, 4.69) is 75.1 Å². The first-order valence-corrected chi connectivity index (χ1v) is 9.96. The maximum atomic E-state index is 4.71. The number of anilines is 4. The largest absolute Gasteiger partial charge is 0.340 e. The number of nitrogens with one attached hydrogen (secondary N) is 1. The second-order valence-electron chi connectivity index (χ2n) is 8.22. The third-order valence-electron chi connectivity index (χ3n) is 5.06. The van der Waals surface area contributed by atoms with Crippen molar-refractivity contribution in [2.45, 2.75) is 26.2 Å². The van der Waals surface area contributed by atoms with E-state index in [1.165, 1.54) is 5.56 Å². The molecule has 0 bridgehead atoms. The van der Waals surface area contributed by atoms with Crippen LogP contribution in [0.5, 0.6) is 0 Å². The van der Waals surface area contributed by atoms with E-state index in [0.29, 0.717) is 0 Å². The molecule has 0 amide bonds. The first kappa shape index (κ1) is 19.1. The van der Waals surface area contributed by atoms with Crippen molar-refractivity contribution in [1.29, 1.82) is 0 Å². The first-order valence-electron chi connectivity index (χ1n) is 9.96. The van der Waals surface area contributed by atoms with Crippen LogP contribution in [0.2, 0.25) is 0 Å². The van der Waals surface area contributed by atoms with E-state index in [1.54, 1.807) is 18.6 Å².